The minimum absolute atomic E-state index is 0.362. The number of piperazine rings is 1. The van der Waals surface area contributed by atoms with Crippen LogP contribution in [-0.4, -0.2) is 48.9 Å². The van der Waals surface area contributed by atoms with Crippen molar-refractivity contribution in [3.05, 3.63) is 35.9 Å². The molecule has 1 aromatic heterocycles. The molecule has 1 atom stereocenters. The topological polar surface area (TPSA) is 36.4 Å². The van der Waals surface area contributed by atoms with Crippen LogP contribution in [0.25, 0.3) is 10.9 Å². The predicted molar refractivity (Wildman–Crippen MR) is 81.4 cm³/mol. The molecule has 1 aliphatic heterocycles. The summed E-state index contributed by atoms with van der Waals surface area (Å²) in [5.74, 6) is 0.819. The van der Waals surface area contributed by atoms with E-state index >= 15 is 0 Å². The molecule has 0 spiro atoms. The molecular formula is C16H19N3O. The first kappa shape index (κ1) is 13.1. The molecule has 104 valence electrons. The van der Waals surface area contributed by atoms with Gasteiger partial charge in [-0.05, 0) is 26.1 Å². The Morgan fingerprint density at radius 1 is 1.30 bits per heavy atom. The van der Waals surface area contributed by atoms with Crippen LogP contribution in [0, 0.1) is 0 Å². The molecule has 0 N–H and O–H groups in total. The minimum atomic E-state index is 0.362. The summed E-state index contributed by atoms with van der Waals surface area (Å²) in [6, 6.07) is 10.2. The number of nitrogens with zero attached hydrogens (tertiary/aromatic N) is 3. The zero-order chi connectivity index (χ0) is 14.1. The first-order valence-electron chi connectivity index (χ1n) is 6.99. The van der Waals surface area contributed by atoms with Gasteiger partial charge in [-0.25, -0.2) is 4.98 Å². The highest BCUT2D eigenvalue weighted by Gasteiger charge is 2.24. The van der Waals surface area contributed by atoms with E-state index in [1.54, 1.807) is 0 Å². The van der Waals surface area contributed by atoms with Gasteiger partial charge in [-0.2, -0.15) is 0 Å². The van der Waals surface area contributed by atoms with Crippen molar-refractivity contribution < 1.29 is 4.79 Å². The third kappa shape index (κ3) is 2.27. The maximum absolute atomic E-state index is 11.4. The lowest BCUT2D eigenvalue weighted by Gasteiger charge is -2.39. The molecule has 2 aromatic rings. The quantitative estimate of drug-likeness (QED) is 0.783. The number of para-hydroxylation sites is 1. The Balaban J connectivity index is 2.07. The number of benzene rings is 1. The first-order valence-corrected chi connectivity index (χ1v) is 6.99. The molecule has 2 heterocycles. The molecular weight excluding hydrogens is 250 g/mol. The summed E-state index contributed by atoms with van der Waals surface area (Å²) in [5.41, 5.74) is 1.62. The Morgan fingerprint density at radius 2 is 2.10 bits per heavy atom. The van der Waals surface area contributed by atoms with Crippen LogP contribution in [-0.2, 0) is 0 Å². The van der Waals surface area contributed by atoms with Crippen LogP contribution in [0.3, 0.4) is 0 Å². The molecule has 1 aromatic carbocycles. The number of aldehydes is 1. The standard InChI is InChI=1S/C16H19N3O/c1-12-10-18(2)7-8-19(12)16-14(11-20)9-13-5-3-4-6-15(13)17-16/h3-6,9,11-12H,7-8,10H2,1-2H3. The molecule has 1 saturated heterocycles. The van der Waals surface area contributed by atoms with Crippen molar-refractivity contribution in [3.8, 4) is 0 Å². The van der Waals surface area contributed by atoms with Crippen LogP contribution in [0.5, 0.6) is 0 Å². The molecule has 0 bridgehead atoms. The van der Waals surface area contributed by atoms with Gasteiger partial charge in [-0.3, -0.25) is 4.79 Å². The Morgan fingerprint density at radius 3 is 2.85 bits per heavy atom. The van der Waals surface area contributed by atoms with E-state index in [4.69, 9.17) is 4.98 Å². The summed E-state index contributed by atoms with van der Waals surface area (Å²) in [6.07, 6.45) is 0.916. The fourth-order valence-electron chi connectivity index (χ4n) is 2.89. The van der Waals surface area contributed by atoms with Crippen LogP contribution in [0.15, 0.2) is 30.3 Å². The number of likely N-dealkylation sites (N-methyl/N-ethyl adjacent to an activating group) is 1. The Bertz CT molecular complexity index is 641. The van der Waals surface area contributed by atoms with Crippen molar-refractivity contribution >= 4 is 23.0 Å². The Labute approximate surface area is 119 Å². The molecule has 1 aliphatic rings. The molecule has 4 heteroatoms. The Kier molecular flexibility index (Phi) is 3.40. The average molecular weight is 269 g/mol. The van der Waals surface area contributed by atoms with Crippen molar-refractivity contribution in [1.29, 1.82) is 0 Å². The second-order valence-corrected chi connectivity index (χ2v) is 5.52. The van der Waals surface area contributed by atoms with Crippen LogP contribution >= 0.6 is 0 Å². The van der Waals surface area contributed by atoms with Crippen molar-refractivity contribution in [2.45, 2.75) is 13.0 Å². The molecule has 0 radical (unpaired) electrons. The summed E-state index contributed by atoms with van der Waals surface area (Å²) in [6.45, 7) is 5.08. The normalized spacial score (nSPS) is 20.3. The number of hydrogen-bond donors (Lipinski definition) is 0. The number of rotatable bonds is 2. The fourth-order valence-corrected chi connectivity index (χ4v) is 2.89. The molecule has 4 nitrogen and oxygen atoms in total. The van der Waals surface area contributed by atoms with Gasteiger partial charge in [0.1, 0.15) is 5.82 Å². The summed E-state index contributed by atoms with van der Waals surface area (Å²) >= 11 is 0. The largest absolute Gasteiger partial charge is 0.351 e. The molecule has 1 fully saturated rings. The lowest BCUT2D eigenvalue weighted by atomic mass is 10.1. The highest BCUT2D eigenvalue weighted by atomic mass is 16.1. The van der Waals surface area contributed by atoms with Gasteiger partial charge in [0, 0.05) is 31.1 Å². The second kappa shape index (κ2) is 5.21. The molecule has 0 amide bonds. The van der Waals surface area contributed by atoms with E-state index in [0.717, 1.165) is 42.6 Å². The number of aromatic nitrogens is 1. The maximum atomic E-state index is 11.4. The first-order chi connectivity index (χ1) is 9.69. The average Bonchev–Trinajstić information content (AvgIpc) is 2.46. The molecule has 0 saturated carbocycles. The Hall–Kier alpha value is -1.94. The van der Waals surface area contributed by atoms with E-state index in [1.807, 2.05) is 30.3 Å². The summed E-state index contributed by atoms with van der Waals surface area (Å²) < 4.78 is 0. The van der Waals surface area contributed by atoms with Crippen molar-refractivity contribution in [3.63, 3.8) is 0 Å². The van der Waals surface area contributed by atoms with Crippen molar-refractivity contribution in [1.82, 2.24) is 9.88 Å². The van der Waals surface area contributed by atoms with Gasteiger partial charge in [-0.15, -0.1) is 0 Å². The minimum Gasteiger partial charge on any atom is -0.351 e. The maximum Gasteiger partial charge on any atom is 0.153 e. The van der Waals surface area contributed by atoms with Gasteiger partial charge >= 0.3 is 0 Å². The van der Waals surface area contributed by atoms with E-state index < -0.39 is 0 Å². The summed E-state index contributed by atoms with van der Waals surface area (Å²) in [4.78, 5) is 20.7. The molecule has 0 aliphatic carbocycles. The highest BCUT2D eigenvalue weighted by Crippen LogP contribution is 2.25. The molecule has 20 heavy (non-hydrogen) atoms. The summed E-state index contributed by atoms with van der Waals surface area (Å²) in [7, 11) is 2.13. The second-order valence-electron chi connectivity index (χ2n) is 5.52. The predicted octanol–water partition coefficient (Wildman–Crippen LogP) is 2.19. The van der Waals surface area contributed by atoms with Crippen molar-refractivity contribution in [2.24, 2.45) is 0 Å². The van der Waals surface area contributed by atoms with Gasteiger partial charge in [0.15, 0.2) is 6.29 Å². The number of carbonyl (C=O) groups excluding carboxylic acids is 1. The number of anilines is 1. The third-order valence-corrected chi connectivity index (χ3v) is 3.96. The monoisotopic (exact) mass is 269 g/mol. The SMILES string of the molecule is CC1CN(C)CCN1c1nc2ccccc2cc1C=O. The number of hydrogen-bond acceptors (Lipinski definition) is 4. The molecule has 3 rings (SSSR count). The van der Waals surface area contributed by atoms with E-state index in [-0.39, 0.29) is 0 Å². The summed E-state index contributed by atoms with van der Waals surface area (Å²) in [5, 5.41) is 1.01. The molecule has 1 unspecified atom stereocenters. The lowest BCUT2D eigenvalue weighted by Crippen LogP contribution is -2.51. The van der Waals surface area contributed by atoms with Gasteiger partial charge in [-0.1, -0.05) is 18.2 Å². The zero-order valence-electron chi connectivity index (χ0n) is 11.9. The highest BCUT2D eigenvalue weighted by molar-refractivity contribution is 5.91. The lowest BCUT2D eigenvalue weighted by molar-refractivity contribution is 0.112. The van der Waals surface area contributed by atoms with Crippen LogP contribution < -0.4 is 4.90 Å². The van der Waals surface area contributed by atoms with Gasteiger partial charge in [0.05, 0.1) is 11.1 Å². The van der Waals surface area contributed by atoms with Crippen molar-refractivity contribution in [2.75, 3.05) is 31.6 Å². The van der Waals surface area contributed by atoms with Gasteiger partial charge in [0.25, 0.3) is 0 Å². The third-order valence-electron chi connectivity index (χ3n) is 3.96. The number of fused-ring (bicyclic) bond motifs is 1. The smallest absolute Gasteiger partial charge is 0.153 e. The van der Waals surface area contributed by atoms with Crippen LogP contribution in [0.2, 0.25) is 0 Å². The van der Waals surface area contributed by atoms with E-state index in [0.29, 0.717) is 11.6 Å². The van der Waals surface area contributed by atoms with E-state index in [2.05, 4.69) is 23.8 Å². The number of carbonyl (C=O) groups is 1. The van der Waals surface area contributed by atoms with E-state index in [1.165, 1.54) is 0 Å². The van der Waals surface area contributed by atoms with Crippen LogP contribution in [0.4, 0.5) is 5.82 Å². The van der Waals surface area contributed by atoms with Crippen LogP contribution in [0.1, 0.15) is 17.3 Å². The van der Waals surface area contributed by atoms with E-state index in [9.17, 15) is 4.79 Å². The van der Waals surface area contributed by atoms with Gasteiger partial charge in [0.2, 0.25) is 0 Å². The van der Waals surface area contributed by atoms with Gasteiger partial charge < -0.3 is 9.80 Å². The fraction of sp³-hybridized carbons (Fsp3) is 0.375. The zero-order valence-corrected chi connectivity index (χ0v) is 11.9. The number of pyridine rings is 1.